The lowest BCUT2D eigenvalue weighted by Gasteiger charge is -2.28. The van der Waals surface area contributed by atoms with E-state index in [9.17, 15) is 23.1 Å². The Morgan fingerprint density at radius 3 is 2.34 bits per heavy atom. The number of allylic oxidation sites excluding steroid dienone is 3. The van der Waals surface area contributed by atoms with E-state index in [2.05, 4.69) is 13.8 Å². The highest BCUT2D eigenvalue weighted by atomic mass is 32.2. The number of ether oxygens (including phenoxy) is 1. The van der Waals surface area contributed by atoms with Gasteiger partial charge in [0.1, 0.15) is 0 Å². The first-order valence-corrected chi connectivity index (χ1v) is 12.8. The zero-order valence-corrected chi connectivity index (χ0v) is 20.1. The number of aromatic carboxylic acids is 1. The molecule has 1 aromatic rings. The summed E-state index contributed by atoms with van der Waals surface area (Å²) >= 11 is 0. The molecule has 176 valence electrons. The molecule has 0 unspecified atom stereocenters. The largest absolute Gasteiger partial charge is 0.478 e. The zero-order valence-electron chi connectivity index (χ0n) is 19.3. The van der Waals surface area contributed by atoms with E-state index in [1.165, 1.54) is 34.3 Å². The molecule has 0 spiro atoms. The van der Waals surface area contributed by atoms with Gasteiger partial charge in [-0.25, -0.2) is 18.0 Å². The van der Waals surface area contributed by atoms with Crippen molar-refractivity contribution in [2.75, 3.05) is 19.4 Å². The maximum absolute atomic E-state index is 12.6. The Balaban J connectivity index is 2.12. The zero-order chi connectivity index (χ0) is 23.9. The lowest BCUT2D eigenvalue weighted by Crippen LogP contribution is -2.32. The van der Waals surface area contributed by atoms with E-state index in [0.29, 0.717) is 11.6 Å². The van der Waals surface area contributed by atoms with Gasteiger partial charge in [0, 0.05) is 13.0 Å². The first-order chi connectivity index (χ1) is 15.1. The average Bonchev–Trinajstić information content (AvgIpc) is 3.56. The molecular weight excluding hydrogens is 430 g/mol. The Bertz CT molecular complexity index is 1010. The second-order valence-corrected chi connectivity index (χ2v) is 9.97. The van der Waals surface area contributed by atoms with E-state index >= 15 is 0 Å². The van der Waals surface area contributed by atoms with E-state index in [4.69, 9.17) is 4.74 Å². The Morgan fingerprint density at radius 2 is 1.84 bits per heavy atom. The van der Waals surface area contributed by atoms with Crippen LogP contribution in [0.15, 0.2) is 47.2 Å². The predicted octanol–water partition coefficient (Wildman–Crippen LogP) is 4.62. The van der Waals surface area contributed by atoms with Crippen molar-refractivity contribution in [3.63, 3.8) is 0 Å². The third kappa shape index (κ3) is 6.69. The summed E-state index contributed by atoms with van der Waals surface area (Å²) in [4.78, 5) is 23.6. The van der Waals surface area contributed by atoms with Gasteiger partial charge in [0.05, 0.1) is 29.7 Å². The molecule has 7 nitrogen and oxygen atoms in total. The Labute approximate surface area is 190 Å². The maximum atomic E-state index is 12.6. The van der Waals surface area contributed by atoms with Crippen LogP contribution in [0.1, 0.15) is 73.6 Å². The molecule has 8 heteroatoms. The lowest BCUT2D eigenvalue weighted by molar-refractivity contribution is 0.0487. The predicted molar refractivity (Wildman–Crippen MR) is 124 cm³/mol. The van der Waals surface area contributed by atoms with E-state index in [-0.39, 0.29) is 30.7 Å². The molecule has 0 bridgehead atoms. The molecule has 0 saturated heterocycles. The van der Waals surface area contributed by atoms with Crippen molar-refractivity contribution in [2.24, 2.45) is 5.92 Å². The number of hydrogen-bond acceptors (Lipinski definition) is 5. The minimum Gasteiger partial charge on any atom is -0.478 e. The number of esters is 1. The fraction of sp³-hybridized carbons (Fsp3) is 0.500. The molecule has 2 rings (SSSR count). The second-order valence-electron chi connectivity index (χ2n) is 8.07. The molecule has 32 heavy (non-hydrogen) atoms. The summed E-state index contributed by atoms with van der Waals surface area (Å²) in [6, 6.07) is 5.84. The standard InChI is InChI=1S/C24H33NO6S/c1-5-10-17(3)22(18-13-14-18)21(6-2)25(32(4,29)30)15-9-16-31-24(28)20-12-8-7-11-19(20)23(26)27/h6-8,11-12,18H,5,9-10,13-16H2,1-4H3,(H,26,27). The summed E-state index contributed by atoms with van der Waals surface area (Å²) in [5.74, 6) is -1.56. The Hall–Kier alpha value is -2.61. The first kappa shape index (κ1) is 25.6. The first-order valence-electron chi connectivity index (χ1n) is 10.9. The van der Waals surface area contributed by atoms with Gasteiger partial charge in [-0.1, -0.05) is 37.1 Å². The van der Waals surface area contributed by atoms with Crippen LogP contribution in [0.3, 0.4) is 0 Å². The van der Waals surface area contributed by atoms with Crippen LogP contribution in [0.5, 0.6) is 0 Å². The normalized spacial score (nSPS) is 15.2. The molecule has 1 N–H and O–H groups in total. The number of carboxylic acid groups (broad SMARTS) is 1. The average molecular weight is 464 g/mol. The minimum absolute atomic E-state index is 0.0216. The summed E-state index contributed by atoms with van der Waals surface area (Å²) in [6.45, 7) is 6.17. The van der Waals surface area contributed by atoms with Crippen molar-refractivity contribution in [1.82, 2.24) is 4.31 Å². The minimum atomic E-state index is -3.53. The molecular formula is C24H33NO6S. The third-order valence-electron chi connectivity index (χ3n) is 5.40. The van der Waals surface area contributed by atoms with Crippen molar-refractivity contribution in [2.45, 2.75) is 52.9 Å². The number of benzene rings is 1. The van der Waals surface area contributed by atoms with Gasteiger partial charge in [0.2, 0.25) is 10.0 Å². The number of carbonyl (C=O) groups is 2. The highest BCUT2D eigenvalue weighted by Gasteiger charge is 2.33. The van der Waals surface area contributed by atoms with Gasteiger partial charge in [-0.05, 0) is 56.7 Å². The second kappa shape index (κ2) is 11.3. The van der Waals surface area contributed by atoms with Crippen LogP contribution in [-0.2, 0) is 14.8 Å². The quantitative estimate of drug-likeness (QED) is 0.276. The van der Waals surface area contributed by atoms with Crippen LogP contribution in [0, 0.1) is 5.92 Å². The van der Waals surface area contributed by atoms with E-state index in [0.717, 1.165) is 31.3 Å². The lowest BCUT2D eigenvalue weighted by atomic mass is 9.97. The van der Waals surface area contributed by atoms with Crippen LogP contribution in [0.2, 0.25) is 0 Å². The van der Waals surface area contributed by atoms with Gasteiger partial charge in [-0.2, -0.15) is 0 Å². The number of sulfonamides is 1. The summed E-state index contributed by atoms with van der Waals surface area (Å²) in [5, 5.41) is 9.23. The van der Waals surface area contributed by atoms with Gasteiger partial charge in [-0.3, -0.25) is 4.31 Å². The Morgan fingerprint density at radius 1 is 1.22 bits per heavy atom. The third-order valence-corrected chi connectivity index (χ3v) is 6.58. The van der Waals surface area contributed by atoms with Crippen LogP contribution in [0.4, 0.5) is 0 Å². The number of carboxylic acids is 1. The van der Waals surface area contributed by atoms with E-state index in [1.807, 2.05) is 13.0 Å². The number of hydrogen-bond donors (Lipinski definition) is 1. The van der Waals surface area contributed by atoms with Crippen LogP contribution < -0.4 is 0 Å². The fourth-order valence-electron chi connectivity index (χ4n) is 3.86. The van der Waals surface area contributed by atoms with Crippen molar-refractivity contribution >= 4 is 22.0 Å². The topological polar surface area (TPSA) is 101 Å². The summed E-state index contributed by atoms with van der Waals surface area (Å²) in [5.41, 5.74) is 2.89. The SMILES string of the molecule is CC=C(C(=C(C)CCC)C1CC1)N(CCCOC(=O)c1ccccc1C(=O)O)S(C)(=O)=O. The van der Waals surface area contributed by atoms with Crippen LogP contribution in [0.25, 0.3) is 0 Å². The molecule has 0 heterocycles. The molecule has 0 aromatic heterocycles. The monoisotopic (exact) mass is 463 g/mol. The molecule has 0 radical (unpaired) electrons. The number of carbonyl (C=O) groups excluding carboxylic acids is 1. The van der Waals surface area contributed by atoms with Gasteiger partial charge in [0.25, 0.3) is 0 Å². The van der Waals surface area contributed by atoms with Crippen LogP contribution in [-0.4, -0.2) is 49.2 Å². The van der Waals surface area contributed by atoms with E-state index < -0.39 is 22.0 Å². The van der Waals surface area contributed by atoms with Crippen LogP contribution >= 0.6 is 0 Å². The van der Waals surface area contributed by atoms with Gasteiger partial charge in [-0.15, -0.1) is 0 Å². The summed E-state index contributed by atoms with van der Waals surface area (Å²) < 4.78 is 31.9. The van der Waals surface area contributed by atoms with Crippen molar-refractivity contribution in [3.8, 4) is 0 Å². The highest BCUT2D eigenvalue weighted by molar-refractivity contribution is 7.88. The fourth-order valence-corrected chi connectivity index (χ4v) is 4.88. The molecule has 0 atom stereocenters. The molecule has 1 saturated carbocycles. The van der Waals surface area contributed by atoms with Gasteiger partial charge >= 0.3 is 11.9 Å². The van der Waals surface area contributed by atoms with E-state index in [1.54, 1.807) is 6.07 Å². The molecule has 1 aliphatic carbocycles. The van der Waals surface area contributed by atoms with Crippen molar-refractivity contribution < 1.29 is 27.9 Å². The molecule has 1 fully saturated rings. The van der Waals surface area contributed by atoms with Gasteiger partial charge < -0.3 is 9.84 Å². The summed E-state index contributed by atoms with van der Waals surface area (Å²) in [6.07, 6.45) is 7.36. The molecule has 1 aromatic carbocycles. The van der Waals surface area contributed by atoms with Crippen molar-refractivity contribution in [1.29, 1.82) is 0 Å². The molecule has 0 amide bonds. The summed E-state index contributed by atoms with van der Waals surface area (Å²) in [7, 11) is -3.53. The molecule has 0 aliphatic heterocycles. The molecule has 1 aliphatic rings. The van der Waals surface area contributed by atoms with Crippen molar-refractivity contribution in [3.05, 3.63) is 58.3 Å². The smallest absolute Gasteiger partial charge is 0.339 e. The highest BCUT2D eigenvalue weighted by Crippen LogP contribution is 2.43. The number of rotatable bonds is 12. The van der Waals surface area contributed by atoms with Gasteiger partial charge in [0.15, 0.2) is 0 Å². The number of nitrogens with zero attached hydrogens (tertiary/aromatic N) is 1. The Kier molecular flexibility index (Phi) is 9.07. The maximum Gasteiger partial charge on any atom is 0.339 e.